The second-order valence-electron chi connectivity index (χ2n) is 5.37. The third-order valence-corrected chi connectivity index (χ3v) is 3.72. The predicted octanol–water partition coefficient (Wildman–Crippen LogP) is 4.46. The molecule has 0 unspecified atom stereocenters. The Kier molecular flexibility index (Phi) is 6.23. The Balaban J connectivity index is 2.92. The van der Waals surface area contributed by atoms with Gasteiger partial charge in [0.1, 0.15) is 0 Å². The SMILES string of the molecule is CCCCC(O)(CCCC)c1ccc(C(C)=O)cc1. The number of Topliss-reactive ketones (excluding diaryl/α,β-unsaturated/α-hetero) is 1. The molecule has 19 heavy (non-hydrogen) atoms. The molecule has 0 aliphatic heterocycles. The van der Waals surface area contributed by atoms with Crippen molar-refractivity contribution in [3.8, 4) is 0 Å². The van der Waals surface area contributed by atoms with Gasteiger partial charge in [-0.2, -0.15) is 0 Å². The van der Waals surface area contributed by atoms with Crippen molar-refractivity contribution >= 4 is 5.78 Å². The zero-order chi connectivity index (χ0) is 14.3. The zero-order valence-electron chi connectivity index (χ0n) is 12.4. The van der Waals surface area contributed by atoms with E-state index in [9.17, 15) is 9.90 Å². The van der Waals surface area contributed by atoms with Crippen LogP contribution in [0.1, 0.15) is 75.2 Å². The molecular formula is C17H26O2. The molecule has 2 nitrogen and oxygen atoms in total. The standard InChI is InChI=1S/C17H26O2/c1-4-6-12-17(19,13-7-5-2)16-10-8-15(9-11-16)14(3)18/h8-11,19H,4-7,12-13H2,1-3H3. The Morgan fingerprint density at radius 3 is 1.89 bits per heavy atom. The Morgan fingerprint density at radius 1 is 1.05 bits per heavy atom. The number of carbonyl (C=O) groups excluding carboxylic acids is 1. The van der Waals surface area contributed by atoms with E-state index < -0.39 is 5.60 Å². The lowest BCUT2D eigenvalue weighted by molar-refractivity contribution is 0.0141. The fraction of sp³-hybridized carbons (Fsp3) is 0.588. The summed E-state index contributed by atoms with van der Waals surface area (Å²) in [6.45, 7) is 5.84. The highest BCUT2D eigenvalue weighted by Crippen LogP contribution is 2.32. The van der Waals surface area contributed by atoms with Gasteiger partial charge in [-0.25, -0.2) is 0 Å². The maximum Gasteiger partial charge on any atom is 0.159 e. The summed E-state index contributed by atoms with van der Waals surface area (Å²) in [5, 5.41) is 10.9. The van der Waals surface area contributed by atoms with Gasteiger partial charge in [-0.3, -0.25) is 4.79 Å². The monoisotopic (exact) mass is 262 g/mol. The van der Waals surface area contributed by atoms with Gasteiger partial charge >= 0.3 is 0 Å². The molecule has 0 radical (unpaired) electrons. The summed E-state index contributed by atoms with van der Waals surface area (Å²) < 4.78 is 0. The largest absolute Gasteiger partial charge is 0.385 e. The minimum atomic E-state index is -0.735. The number of hydrogen-bond acceptors (Lipinski definition) is 2. The maximum atomic E-state index is 11.3. The zero-order valence-corrected chi connectivity index (χ0v) is 12.4. The smallest absolute Gasteiger partial charge is 0.159 e. The lowest BCUT2D eigenvalue weighted by Crippen LogP contribution is -2.25. The van der Waals surface area contributed by atoms with Gasteiger partial charge in [-0.15, -0.1) is 0 Å². The minimum absolute atomic E-state index is 0.0669. The van der Waals surface area contributed by atoms with E-state index in [-0.39, 0.29) is 5.78 Å². The quantitative estimate of drug-likeness (QED) is 0.702. The van der Waals surface area contributed by atoms with E-state index >= 15 is 0 Å². The van der Waals surface area contributed by atoms with Crippen molar-refractivity contribution in [2.45, 2.75) is 64.9 Å². The molecule has 0 saturated heterocycles. The van der Waals surface area contributed by atoms with Gasteiger partial charge in [0.25, 0.3) is 0 Å². The van der Waals surface area contributed by atoms with Crippen LogP contribution in [0.25, 0.3) is 0 Å². The maximum absolute atomic E-state index is 11.3. The normalized spacial score (nSPS) is 11.6. The minimum Gasteiger partial charge on any atom is -0.385 e. The first-order valence-electron chi connectivity index (χ1n) is 7.37. The van der Waals surface area contributed by atoms with E-state index in [2.05, 4.69) is 13.8 Å². The van der Waals surface area contributed by atoms with E-state index in [1.165, 1.54) is 0 Å². The van der Waals surface area contributed by atoms with Crippen LogP contribution < -0.4 is 0 Å². The summed E-state index contributed by atoms with van der Waals surface area (Å²) in [6, 6.07) is 7.45. The van der Waals surface area contributed by atoms with Crippen molar-refractivity contribution in [1.29, 1.82) is 0 Å². The molecule has 0 atom stereocenters. The van der Waals surface area contributed by atoms with Crippen LogP contribution in [0, 0.1) is 0 Å². The van der Waals surface area contributed by atoms with Crippen LogP contribution in [-0.4, -0.2) is 10.9 Å². The summed E-state index contributed by atoms with van der Waals surface area (Å²) in [6.07, 6.45) is 5.80. The highest BCUT2D eigenvalue weighted by atomic mass is 16.3. The molecular weight excluding hydrogens is 236 g/mol. The highest BCUT2D eigenvalue weighted by molar-refractivity contribution is 5.94. The molecule has 0 spiro atoms. The molecule has 1 aromatic rings. The van der Waals surface area contributed by atoms with Crippen LogP contribution in [0.2, 0.25) is 0 Å². The Bertz CT molecular complexity index is 384. The number of unbranched alkanes of at least 4 members (excludes halogenated alkanes) is 2. The fourth-order valence-corrected chi connectivity index (χ4v) is 2.37. The van der Waals surface area contributed by atoms with Gasteiger partial charge in [0.05, 0.1) is 5.60 Å². The van der Waals surface area contributed by atoms with Crippen LogP contribution in [0.5, 0.6) is 0 Å². The number of hydrogen-bond donors (Lipinski definition) is 1. The van der Waals surface area contributed by atoms with E-state index in [0.717, 1.165) is 44.1 Å². The van der Waals surface area contributed by atoms with Crippen molar-refractivity contribution in [2.24, 2.45) is 0 Å². The van der Waals surface area contributed by atoms with Crippen molar-refractivity contribution in [3.63, 3.8) is 0 Å². The molecule has 0 heterocycles. The van der Waals surface area contributed by atoms with Crippen molar-refractivity contribution in [2.75, 3.05) is 0 Å². The second-order valence-corrected chi connectivity index (χ2v) is 5.37. The van der Waals surface area contributed by atoms with E-state index in [1.54, 1.807) is 6.92 Å². The highest BCUT2D eigenvalue weighted by Gasteiger charge is 2.27. The lowest BCUT2D eigenvalue weighted by atomic mass is 9.84. The Morgan fingerprint density at radius 2 is 1.53 bits per heavy atom. The fourth-order valence-electron chi connectivity index (χ4n) is 2.37. The van der Waals surface area contributed by atoms with E-state index in [1.807, 2.05) is 24.3 Å². The lowest BCUT2D eigenvalue weighted by Gasteiger charge is -2.29. The topological polar surface area (TPSA) is 37.3 Å². The van der Waals surface area contributed by atoms with Crippen LogP contribution >= 0.6 is 0 Å². The molecule has 0 aromatic heterocycles. The molecule has 0 saturated carbocycles. The molecule has 106 valence electrons. The Labute approximate surface area is 116 Å². The predicted molar refractivity (Wildman–Crippen MR) is 79.4 cm³/mol. The van der Waals surface area contributed by atoms with Crippen molar-refractivity contribution in [3.05, 3.63) is 35.4 Å². The van der Waals surface area contributed by atoms with Gasteiger partial charge in [0, 0.05) is 5.56 Å². The first-order chi connectivity index (χ1) is 9.03. The average molecular weight is 262 g/mol. The van der Waals surface area contributed by atoms with Gasteiger partial charge in [-0.1, -0.05) is 63.8 Å². The van der Waals surface area contributed by atoms with Crippen LogP contribution in [0.3, 0.4) is 0 Å². The summed E-state index contributed by atoms with van der Waals surface area (Å²) >= 11 is 0. The molecule has 1 rings (SSSR count). The molecule has 0 amide bonds. The first-order valence-corrected chi connectivity index (χ1v) is 7.37. The van der Waals surface area contributed by atoms with Crippen molar-refractivity contribution < 1.29 is 9.90 Å². The average Bonchev–Trinajstić information content (AvgIpc) is 2.43. The van der Waals surface area contributed by atoms with Gasteiger partial charge in [0.2, 0.25) is 0 Å². The summed E-state index contributed by atoms with van der Waals surface area (Å²) in [4.78, 5) is 11.3. The number of rotatable bonds is 8. The van der Waals surface area contributed by atoms with Crippen LogP contribution in [0.15, 0.2) is 24.3 Å². The van der Waals surface area contributed by atoms with Gasteiger partial charge < -0.3 is 5.11 Å². The van der Waals surface area contributed by atoms with Crippen LogP contribution in [0.4, 0.5) is 0 Å². The molecule has 0 aliphatic rings. The Hall–Kier alpha value is -1.15. The third-order valence-electron chi connectivity index (χ3n) is 3.72. The number of carbonyl (C=O) groups is 1. The van der Waals surface area contributed by atoms with E-state index in [4.69, 9.17) is 0 Å². The van der Waals surface area contributed by atoms with Crippen LogP contribution in [-0.2, 0) is 5.60 Å². The molecule has 2 heteroatoms. The number of aliphatic hydroxyl groups is 1. The second kappa shape index (κ2) is 7.44. The van der Waals surface area contributed by atoms with E-state index in [0.29, 0.717) is 5.56 Å². The first kappa shape index (κ1) is 15.9. The number of benzene rings is 1. The molecule has 0 bridgehead atoms. The van der Waals surface area contributed by atoms with Crippen molar-refractivity contribution in [1.82, 2.24) is 0 Å². The molecule has 0 fully saturated rings. The van der Waals surface area contributed by atoms with Gasteiger partial charge in [0.15, 0.2) is 5.78 Å². The molecule has 1 N–H and O–H groups in total. The van der Waals surface area contributed by atoms with Gasteiger partial charge in [-0.05, 0) is 25.3 Å². The number of ketones is 1. The summed E-state index contributed by atoms with van der Waals surface area (Å²) in [5.41, 5.74) is 0.915. The third kappa shape index (κ3) is 4.46. The molecule has 0 aliphatic carbocycles. The summed E-state index contributed by atoms with van der Waals surface area (Å²) in [7, 11) is 0. The molecule has 1 aromatic carbocycles. The summed E-state index contributed by atoms with van der Waals surface area (Å²) in [5.74, 6) is 0.0669.